The molecule has 0 aliphatic carbocycles. The zero-order valence-electron chi connectivity index (χ0n) is 18.3. The second-order valence-corrected chi connectivity index (χ2v) is 8.95. The summed E-state index contributed by atoms with van der Waals surface area (Å²) >= 11 is 0. The van der Waals surface area contributed by atoms with Crippen molar-refractivity contribution in [2.24, 2.45) is 0 Å². The largest absolute Gasteiger partial charge is 0.481 e. The zero-order chi connectivity index (χ0) is 22.1. The molecule has 32 heavy (non-hydrogen) atoms. The summed E-state index contributed by atoms with van der Waals surface area (Å²) < 4.78 is 7.99. The number of pyridine rings is 1. The van der Waals surface area contributed by atoms with E-state index in [1.807, 2.05) is 30.6 Å². The van der Waals surface area contributed by atoms with E-state index in [0.29, 0.717) is 12.0 Å². The van der Waals surface area contributed by atoms with Crippen LogP contribution in [0.15, 0.2) is 45.9 Å². The van der Waals surface area contributed by atoms with Gasteiger partial charge in [-0.25, -0.2) is 9.36 Å². The van der Waals surface area contributed by atoms with Gasteiger partial charge in [-0.2, -0.15) is 0 Å². The standard InChI is InChI=1S/C26H28N2O4/c29-23(30)8-2-1-3-11-27-14-9-18(10-15-27)22-17-20-16-19-6-4-12-28-13-5-7-21(24(19)28)25(20)32-26(22)31/h9-10,14-17H,1-8,11-13H2/p+1. The average Bonchev–Trinajstić information content (AvgIpc) is 2.80. The maximum Gasteiger partial charge on any atom is 0.344 e. The van der Waals surface area contributed by atoms with Gasteiger partial charge in [-0.3, -0.25) is 4.79 Å². The number of unbranched alkanes of at least 4 members (excludes halogenated alkanes) is 2. The number of fused-ring (bicyclic) bond motifs is 2. The number of rotatable bonds is 7. The Bertz CT molecular complexity index is 1210. The van der Waals surface area contributed by atoms with E-state index in [0.717, 1.165) is 68.3 Å². The molecule has 0 fully saturated rings. The highest BCUT2D eigenvalue weighted by Gasteiger charge is 2.27. The van der Waals surface area contributed by atoms with Crippen molar-refractivity contribution in [1.82, 2.24) is 0 Å². The highest BCUT2D eigenvalue weighted by Crippen LogP contribution is 2.40. The third-order valence-electron chi connectivity index (χ3n) is 6.72. The van der Waals surface area contributed by atoms with Crippen molar-refractivity contribution < 1.29 is 18.9 Å². The van der Waals surface area contributed by atoms with Gasteiger partial charge in [0.1, 0.15) is 12.1 Å². The molecule has 0 radical (unpaired) electrons. The Kier molecular flexibility index (Phi) is 5.68. The molecule has 0 unspecified atom stereocenters. The first kappa shape index (κ1) is 20.7. The summed E-state index contributed by atoms with van der Waals surface area (Å²) in [4.78, 5) is 26.0. The van der Waals surface area contributed by atoms with Crippen molar-refractivity contribution in [3.8, 4) is 11.1 Å². The summed E-state index contributed by atoms with van der Waals surface area (Å²) in [5.41, 5.74) is 5.84. The van der Waals surface area contributed by atoms with Gasteiger partial charge >= 0.3 is 11.6 Å². The van der Waals surface area contributed by atoms with Crippen molar-refractivity contribution >= 4 is 22.6 Å². The fourth-order valence-electron chi connectivity index (χ4n) is 5.18. The van der Waals surface area contributed by atoms with Crippen LogP contribution in [0.2, 0.25) is 0 Å². The van der Waals surface area contributed by atoms with Crippen molar-refractivity contribution in [1.29, 1.82) is 0 Å². The Hall–Kier alpha value is -3.15. The van der Waals surface area contributed by atoms with Crippen molar-refractivity contribution in [2.45, 2.75) is 57.9 Å². The number of aliphatic carboxylic acids is 1. The number of nitrogens with zero attached hydrogens (tertiary/aromatic N) is 2. The molecule has 0 spiro atoms. The Labute approximate surface area is 187 Å². The highest BCUT2D eigenvalue weighted by atomic mass is 16.4. The molecular formula is C26H29N2O4+. The number of carbonyl (C=O) groups is 1. The van der Waals surface area contributed by atoms with E-state index in [-0.39, 0.29) is 12.0 Å². The number of carboxylic acid groups (broad SMARTS) is 1. The number of aryl methyl sites for hydroxylation is 3. The number of carboxylic acids is 1. The predicted molar refractivity (Wildman–Crippen MR) is 123 cm³/mol. The van der Waals surface area contributed by atoms with Crippen LogP contribution in [0.5, 0.6) is 0 Å². The first-order valence-electron chi connectivity index (χ1n) is 11.7. The molecule has 1 N–H and O–H groups in total. The second-order valence-electron chi connectivity index (χ2n) is 8.95. The maximum atomic E-state index is 12.9. The fraction of sp³-hybridized carbons (Fsp3) is 0.423. The van der Waals surface area contributed by atoms with Crippen molar-refractivity contribution in [3.05, 3.63) is 58.2 Å². The van der Waals surface area contributed by atoms with Gasteiger partial charge in [-0.1, -0.05) is 0 Å². The lowest BCUT2D eigenvalue weighted by Gasteiger charge is -2.37. The molecule has 0 saturated carbocycles. The monoisotopic (exact) mass is 433 g/mol. The second kappa shape index (κ2) is 8.77. The fourth-order valence-corrected chi connectivity index (χ4v) is 5.18. The number of anilines is 1. The molecule has 2 aromatic heterocycles. The molecule has 2 aliphatic heterocycles. The van der Waals surface area contributed by atoms with E-state index < -0.39 is 5.97 Å². The van der Waals surface area contributed by atoms with Gasteiger partial charge in [0.2, 0.25) is 0 Å². The number of hydrogen-bond donors (Lipinski definition) is 1. The van der Waals surface area contributed by atoms with Crippen LogP contribution >= 0.6 is 0 Å². The molecular weight excluding hydrogens is 404 g/mol. The van der Waals surface area contributed by atoms with Gasteiger partial charge in [0, 0.05) is 60.3 Å². The van der Waals surface area contributed by atoms with E-state index in [9.17, 15) is 9.59 Å². The minimum atomic E-state index is -0.738. The van der Waals surface area contributed by atoms with Gasteiger partial charge in [-0.05, 0) is 56.2 Å². The van der Waals surface area contributed by atoms with Crippen molar-refractivity contribution in [2.75, 3.05) is 18.0 Å². The van der Waals surface area contributed by atoms with Crippen LogP contribution in [-0.4, -0.2) is 24.2 Å². The normalized spacial score (nSPS) is 15.1. The number of hydrogen-bond acceptors (Lipinski definition) is 4. The molecule has 4 heterocycles. The average molecular weight is 434 g/mol. The predicted octanol–water partition coefficient (Wildman–Crippen LogP) is 4.09. The van der Waals surface area contributed by atoms with Crippen LogP contribution in [0.4, 0.5) is 5.69 Å². The molecule has 2 aliphatic rings. The molecule has 0 saturated heterocycles. The van der Waals surface area contributed by atoms with Gasteiger partial charge < -0.3 is 14.4 Å². The quantitative estimate of drug-likeness (QED) is 0.345. The highest BCUT2D eigenvalue weighted by molar-refractivity contribution is 5.90. The number of aromatic nitrogens is 1. The molecule has 5 rings (SSSR count). The van der Waals surface area contributed by atoms with Crippen LogP contribution in [0.1, 0.15) is 49.7 Å². The summed E-state index contributed by atoms with van der Waals surface area (Å²) in [5, 5.41) is 9.74. The van der Waals surface area contributed by atoms with E-state index in [2.05, 4.69) is 15.5 Å². The lowest BCUT2D eigenvalue weighted by atomic mass is 9.89. The van der Waals surface area contributed by atoms with Crippen LogP contribution in [0.25, 0.3) is 22.1 Å². The molecule has 3 aromatic rings. The van der Waals surface area contributed by atoms with Crippen LogP contribution < -0.4 is 15.1 Å². The van der Waals surface area contributed by atoms with Gasteiger partial charge in [0.15, 0.2) is 12.4 Å². The first-order valence-corrected chi connectivity index (χ1v) is 11.7. The minimum absolute atomic E-state index is 0.226. The molecule has 166 valence electrons. The minimum Gasteiger partial charge on any atom is -0.481 e. The third-order valence-corrected chi connectivity index (χ3v) is 6.72. The number of benzene rings is 1. The lowest BCUT2D eigenvalue weighted by molar-refractivity contribution is -0.697. The summed E-state index contributed by atoms with van der Waals surface area (Å²) in [5.74, 6) is -0.738. The third kappa shape index (κ3) is 4.01. The topological polar surface area (TPSA) is 74.6 Å². The lowest BCUT2D eigenvalue weighted by Crippen LogP contribution is -2.34. The van der Waals surface area contributed by atoms with E-state index in [4.69, 9.17) is 9.52 Å². The van der Waals surface area contributed by atoms with E-state index >= 15 is 0 Å². The Morgan fingerprint density at radius 3 is 2.62 bits per heavy atom. The summed E-state index contributed by atoms with van der Waals surface area (Å²) in [6.07, 6.45) is 11.0. The first-order chi connectivity index (χ1) is 15.6. The van der Waals surface area contributed by atoms with Crippen LogP contribution in [-0.2, 0) is 24.2 Å². The maximum absolute atomic E-state index is 12.9. The Balaban J connectivity index is 1.40. The molecule has 6 nitrogen and oxygen atoms in total. The van der Waals surface area contributed by atoms with Gasteiger partial charge in [0.05, 0.1) is 5.56 Å². The Morgan fingerprint density at radius 2 is 1.84 bits per heavy atom. The van der Waals surface area contributed by atoms with Gasteiger partial charge in [-0.15, -0.1) is 0 Å². The summed E-state index contributed by atoms with van der Waals surface area (Å²) in [6.45, 7) is 3.02. The molecule has 0 amide bonds. The van der Waals surface area contributed by atoms with E-state index in [1.54, 1.807) is 0 Å². The SMILES string of the molecule is O=C(O)CCCCC[n+]1ccc(-c2cc3cc4c5c(c3oc2=O)CCCN5CCC4)cc1. The van der Waals surface area contributed by atoms with Crippen LogP contribution in [0.3, 0.4) is 0 Å². The molecule has 1 aromatic carbocycles. The van der Waals surface area contributed by atoms with Gasteiger partial charge in [0.25, 0.3) is 0 Å². The van der Waals surface area contributed by atoms with Crippen LogP contribution in [0, 0.1) is 0 Å². The molecule has 0 bridgehead atoms. The molecule has 6 heteroatoms. The van der Waals surface area contributed by atoms with E-state index in [1.165, 1.54) is 23.2 Å². The summed E-state index contributed by atoms with van der Waals surface area (Å²) in [7, 11) is 0. The zero-order valence-corrected chi connectivity index (χ0v) is 18.3. The Morgan fingerprint density at radius 1 is 1.06 bits per heavy atom. The summed E-state index contributed by atoms with van der Waals surface area (Å²) in [6, 6.07) is 8.13. The van der Waals surface area contributed by atoms with Crippen molar-refractivity contribution in [3.63, 3.8) is 0 Å². The molecule has 0 atom stereocenters. The smallest absolute Gasteiger partial charge is 0.344 e.